The van der Waals surface area contributed by atoms with Gasteiger partial charge >= 0.3 is 0 Å². The van der Waals surface area contributed by atoms with Gasteiger partial charge in [0.25, 0.3) is 5.69 Å². The van der Waals surface area contributed by atoms with Crippen molar-refractivity contribution in [1.82, 2.24) is 10.2 Å². The Morgan fingerprint density at radius 1 is 1.44 bits per heavy atom. The van der Waals surface area contributed by atoms with Crippen molar-refractivity contribution in [2.75, 3.05) is 20.6 Å². The van der Waals surface area contributed by atoms with Crippen LogP contribution in [0.15, 0.2) is 24.3 Å². The van der Waals surface area contributed by atoms with Gasteiger partial charge in [-0.2, -0.15) is 0 Å². The number of carbonyl (C=O) groups excluding carboxylic acids is 1. The van der Waals surface area contributed by atoms with Crippen LogP contribution >= 0.6 is 0 Å². The van der Waals surface area contributed by atoms with E-state index in [0.717, 1.165) is 5.56 Å². The van der Waals surface area contributed by atoms with Gasteiger partial charge in [0.15, 0.2) is 0 Å². The quantitative estimate of drug-likeness (QED) is 0.467. The lowest BCUT2D eigenvalue weighted by molar-refractivity contribution is -0.384. The molecule has 1 aromatic rings. The number of non-ortho nitro benzene ring substituents is 1. The van der Waals surface area contributed by atoms with Crippen molar-refractivity contribution in [3.05, 3.63) is 39.9 Å². The number of nitro groups is 1. The summed E-state index contributed by atoms with van der Waals surface area (Å²) in [5.41, 5.74) is 0.917. The molecule has 0 unspecified atom stereocenters. The predicted molar refractivity (Wildman–Crippen MR) is 68.1 cm³/mol. The molecule has 0 aliphatic heterocycles. The van der Waals surface area contributed by atoms with E-state index in [1.54, 1.807) is 20.2 Å². The van der Waals surface area contributed by atoms with Gasteiger partial charge in [-0.05, 0) is 5.56 Å². The van der Waals surface area contributed by atoms with Crippen LogP contribution in [0.2, 0.25) is 0 Å². The van der Waals surface area contributed by atoms with E-state index >= 15 is 0 Å². The number of hydrogen-bond acceptors (Lipinski definition) is 4. The molecule has 1 amide bonds. The average molecular weight is 251 g/mol. The van der Waals surface area contributed by atoms with Crippen LogP contribution in [0.4, 0.5) is 5.69 Å². The van der Waals surface area contributed by atoms with Gasteiger partial charge in [0.2, 0.25) is 5.91 Å². The van der Waals surface area contributed by atoms with Crippen LogP contribution in [-0.2, 0) is 11.3 Å². The molecule has 6 nitrogen and oxygen atoms in total. The zero-order valence-electron chi connectivity index (χ0n) is 10.5. The van der Waals surface area contributed by atoms with E-state index < -0.39 is 4.92 Å². The van der Waals surface area contributed by atoms with Gasteiger partial charge in [-0.25, -0.2) is 0 Å². The Labute approximate surface area is 106 Å². The number of nitrogens with one attached hydrogen (secondary N) is 1. The first-order chi connectivity index (χ1) is 8.50. The first-order valence-electron chi connectivity index (χ1n) is 5.65. The molecule has 98 valence electrons. The van der Waals surface area contributed by atoms with Gasteiger partial charge in [-0.15, -0.1) is 0 Å². The van der Waals surface area contributed by atoms with Gasteiger partial charge in [-0.3, -0.25) is 14.9 Å². The summed E-state index contributed by atoms with van der Waals surface area (Å²) in [6.45, 7) is 1.07. The summed E-state index contributed by atoms with van der Waals surface area (Å²) in [7, 11) is 3.42. The topological polar surface area (TPSA) is 75.5 Å². The van der Waals surface area contributed by atoms with Crippen molar-refractivity contribution in [2.24, 2.45) is 0 Å². The van der Waals surface area contributed by atoms with Crippen LogP contribution in [0.5, 0.6) is 0 Å². The zero-order valence-corrected chi connectivity index (χ0v) is 10.5. The van der Waals surface area contributed by atoms with Gasteiger partial charge in [0.1, 0.15) is 0 Å². The van der Waals surface area contributed by atoms with Crippen molar-refractivity contribution in [3.63, 3.8) is 0 Å². The highest BCUT2D eigenvalue weighted by molar-refractivity contribution is 5.75. The Bertz CT molecular complexity index is 432. The molecule has 1 N–H and O–H groups in total. The first kappa shape index (κ1) is 14.1. The van der Waals surface area contributed by atoms with Crippen LogP contribution in [0, 0.1) is 10.1 Å². The summed E-state index contributed by atoms with van der Waals surface area (Å²) in [6, 6.07) is 6.45. The highest BCUT2D eigenvalue weighted by atomic mass is 16.6. The summed E-state index contributed by atoms with van der Waals surface area (Å²) in [5, 5.41) is 13.7. The fraction of sp³-hybridized carbons (Fsp3) is 0.417. The lowest BCUT2D eigenvalue weighted by atomic mass is 10.2. The molecule has 6 heteroatoms. The summed E-state index contributed by atoms with van der Waals surface area (Å²) in [5.74, 6) is 0.0570. The van der Waals surface area contributed by atoms with E-state index in [-0.39, 0.29) is 11.6 Å². The Balaban J connectivity index is 2.38. The molecular formula is C12H17N3O3. The van der Waals surface area contributed by atoms with E-state index in [9.17, 15) is 14.9 Å². The minimum absolute atomic E-state index is 0.0570. The predicted octanol–water partition coefficient (Wildman–Crippen LogP) is 1.16. The van der Waals surface area contributed by atoms with E-state index in [1.807, 2.05) is 6.07 Å². The number of nitrogens with zero attached hydrogens (tertiary/aromatic N) is 2. The molecule has 0 fully saturated rings. The Morgan fingerprint density at radius 2 is 2.17 bits per heavy atom. The number of rotatable bonds is 6. The maximum absolute atomic E-state index is 11.3. The molecule has 0 spiro atoms. The molecule has 0 heterocycles. The van der Waals surface area contributed by atoms with Crippen LogP contribution < -0.4 is 5.32 Å². The number of benzene rings is 1. The molecule has 0 aromatic heterocycles. The third-order valence-electron chi connectivity index (χ3n) is 2.46. The molecule has 0 atom stereocenters. The zero-order chi connectivity index (χ0) is 13.5. The van der Waals surface area contributed by atoms with Crippen LogP contribution in [0.1, 0.15) is 12.0 Å². The molecule has 0 bridgehead atoms. The molecule has 0 aliphatic carbocycles. The van der Waals surface area contributed by atoms with E-state index in [0.29, 0.717) is 19.5 Å². The fourth-order valence-corrected chi connectivity index (χ4v) is 1.43. The molecular weight excluding hydrogens is 234 g/mol. The largest absolute Gasteiger partial charge is 0.349 e. The molecule has 0 saturated carbocycles. The lowest BCUT2D eigenvalue weighted by Crippen LogP contribution is -2.26. The van der Waals surface area contributed by atoms with Gasteiger partial charge < -0.3 is 10.2 Å². The molecule has 1 aromatic carbocycles. The molecule has 0 saturated heterocycles. The Hall–Kier alpha value is -1.95. The monoisotopic (exact) mass is 251 g/mol. The highest BCUT2D eigenvalue weighted by Gasteiger charge is 2.06. The normalized spacial score (nSPS) is 10.1. The maximum atomic E-state index is 11.3. The van der Waals surface area contributed by atoms with Gasteiger partial charge in [-0.1, -0.05) is 12.1 Å². The Morgan fingerprint density at radius 3 is 2.78 bits per heavy atom. The molecule has 0 aliphatic rings. The highest BCUT2D eigenvalue weighted by Crippen LogP contribution is 2.12. The number of carbonyl (C=O) groups is 1. The van der Waals surface area contributed by atoms with E-state index in [4.69, 9.17) is 0 Å². The molecule has 0 radical (unpaired) electrons. The summed E-state index contributed by atoms with van der Waals surface area (Å²) < 4.78 is 0. The lowest BCUT2D eigenvalue weighted by Gasteiger charge is -2.10. The van der Waals surface area contributed by atoms with Crippen molar-refractivity contribution < 1.29 is 9.72 Å². The van der Waals surface area contributed by atoms with Gasteiger partial charge in [0.05, 0.1) is 4.92 Å². The summed E-state index contributed by atoms with van der Waals surface area (Å²) in [6.07, 6.45) is 0.419. The first-order valence-corrected chi connectivity index (χ1v) is 5.65. The number of nitro benzene ring substituents is 1. The molecule has 18 heavy (non-hydrogen) atoms. The smallest absolute Gasteiger partial charge is 0.269 e. The second kappa shape index (κ2) is 6.70. The average Bonchev–Trinajstić information content (AvgIpc) is 2.34. The van der Waals surface area contributed by atoms with E-state index in [2.05, 4.69) is 5.32 Å². The van der Waals surface area contributed by atoms with Crippen LogP contribution in [0.25, 0.3) is 0 Å². The van der Waals surface area contributed by atoms with Crippen molar-refractivity contribution in [1.29, 1.82) is 0 Å². The van der Waals surface area contributed by atoms with Crippen molar-refractivity contribution in [3.8, 4) is 0 Å². The van der Waals surface area contributed by atoms with Crippen LogP contribution in [0.3, 0.4) is 0 Å². The Kier molecular flexibility index (Phi) is 5.26. The summed E-state index contributed by atoms with van der Waals surface area (Å²) >= 11 is 0. The van der Waals surface area contributed by atoms with Crippen LogP contribution in [-0.4, -0.2) is 36.4 Å². The van der Waals surface area contributed by atoms with E-state index in [1.165, 1.54) is 17.0 Å². The number of amides is 1. The third-order valence-corrected chi connectivity index (χ3v) is 2.46. The molecule has 1 rings (SSSR count). The van der Waals surface area contributed by atoms with Crippen molar-refractivity contribution in [2.45, 2.75) is 13.0 Å². The second-order valence-electron chi connectivity index (χ2n) is 4.14. The maximum Gasteiger partial charge on any atom is 0.269 e. The number of hydrogen-bond donors (Lipinski definition) is 1. The van der Waals surface area contributed by atoms with Crippen molar-refractivity contribution >= 4 is 11.6 Å². The third kappa shape index (κ3) is 4.50. The van der Waals surface area contributed by atoms with Gasteiger partial charge in [0, 0.05) is 45.7 Å². The SMILES string of the molecule is CN(C)C(=O)CCNCc1cccc([N+](=O)[O-])c1. The summed E-state index contributed by atoms with van der Waals surface area (Å²) in [4.78, 5) is 23.0. The fourth-order valence-electron chi connectivity index (χ4n) is 1.43. The minimum Gasteiger partial charge on any atom is -0.349 e. The second-order valence-corrected chi connectivity index (χ2v) is 4.14. The standard InChI is InChI=1S/C12H17N3O3/c1-14(2)12(16)6-7-13-9-10-4-3-5-11(8-10)15(17)18/h3-5,8,13H,6-7,9H2,1-2H3. The minimum atomic E-state index is -0.418.